The number of nitrogens with one attached hydrogen (secondary N) is 1. The predicted octanol–water partition coefficient (Wildman–Crippen LogP) is 3.85. The number of alkyl carbamates (subject to hydrolysis) is 1. The Kier molecular flexibility index (Phi) is 6.03. The molecule has 1 N–H and O–H groups in total. The zero-order valence-electron chi connectivity index (χ0n) is 11.7. The van der Waals surface area contributed by atoms with Gasteiger partial charge in [0.05, 0.1) is 4.47 Å². The summed E-state index contributed by atoms with van der Waals surface area (Å²) in [4.78, 5) is 11.3. The van der Waals surface area contributed by atoms with Gasteiger partial charge in [-0.3, -0.25) is 0 Å². The molecule has 0 aromatic heterocycles. The lowest BCUT2D eigenvalue weighted by Gasteiger charge is -2.19. The van der Waals surface area contributed by atoms with Crippen molar-refractivity contribution in [1.29, 1.82) is 0 Å². The van der Waals surface area contributed by atoms with Crippen molar-refractivity contribution in [2.75, 3.05) is 6.54 Å². The second-order valence-electron chi connectivity index (χ2n) is 5.11. The smallest absolute Gasteiger partial charge is 0.407 e. The van der Waals surface area contributed by atoms with Gasteiger partial charge in [0.15, 0.2) is 0 Å². The van der Waals surface area contributed by atoms with Gasteiger partial charge in [-0.25, -0.2) is 9.18 Å². The van der Waals surface area contributed by atoms with Crippen molar-refractivity contribution in [3.63, 3.8) is 0 Å². The average Bonchev–Trinajstić information content (AvgIpc) is 2.31. The Morgan fingerprint density at radius 2 is 2.15 bits per heavy atom. The first-order valence-electron chi connectivity index (χ1n) is 6.19. The number of rotatable bonds is 2. The van der Waals surface area contributed by atoms with Crippen LogP contribution < -0.4 is 5.32 Å². The molecule has 1 amide bonds. The van der Waals surface area contributed by atoms with Crippen LogP contribution in [0.25, 0.3) is 0 Å². The highest BCUT2D eigenvalue weighted by Gasteiger charge is 2.15. The number of ether oxygens (including phenoxy) is 1. The minimum absolute atomic E-state index is 0.344. The van der Waals surface area contributed by atoms with Gasteiger partial charge in [-0.1, -0.05) is 11.8 Å². The Morgan fingerprint density at radius 3 is 2.75 bits per heavy atom. The molecule has 0 atom stereocenters. The molecule has 0 aliphatic rings. The quantitative estimate of drug-likeness (QED) is 0.655. The lowest BCUT2D eigenvalue weighted by molar-refractivity contribution is 0.0529. The first kappa shape index (κ1) is 16.5. The molecule has 0 aliphatic heterocycles. The molecule has 1 aromatic rings. The summed E-state index contributed by atoms with van der Waals surface area (Å²) < 4.78 is 18.7. The van der Waals surface area contributed by atoms with E-state index in [4.69, 9.17) is 4.74 Å². The Bertz CT molecular complexity index is 541. The molecular formula is C15H17BrFNO2. The molecule has 108 valence electrons. The van der Waals surface area contributed by atoms with Gasteiger partial charge in [-0.05, 0) is 54.9 Å². The van der Waals surface area contributed by atoms with Crippen molar-refractivity contribution >= 4 is 22.0 Å². The molecule has 20 heavy (non-hydrogen) atoms. The molecule has 1 aromatic carbocycles. The van der Waals surface area contributed by atoms with Gasteiger partial charge in [0.2, 0.25) is 0 Å². The number of carbonyl (C=O) groups is 1. The predicted molar refractivity (Wildman–Crippen MR) is 79.8 cm³/mol. The van der Waals surface area contributed by atoms with Crippen LogP contribution in [0.1, 0.15) is 32.8 Å². The third-order valence-electron chi connectivity index (χ3n) is 2.07. The summed E-state index contributed by atoms with van der Waals surface area (Å²) in [6, 6.07) is 4.69. The maximum absolute atomic E-state index is 13.2. The molecular weight excluding hydrogens is 325 g/mol. The first-order chi connectivity index (χ1) is 9.28. The lowest BCUT2D eigenvalue weighted by atomic mass is 10.2. The molecule has 5 heteroatoms. The second-order valence-corrected chi connectivity index (χ2v) is 5.96. The fraction of sp³-hybridized carbons (Fsp3) is 0.400. The van der Waals surface area contributed by atoms with E-state index in [1.807, 2.05) is 0 Å². The van der Waals surface area contributed by atoms with Crippen molar-refractivity contribution in [2.24, 2.45) is 0 Å². The molecule has 0 unspecified atom stereocenters. The number of benzene rings is 1. The van der Waals surface area contributed by atoms with E-state index < -0.39 is 11.7 Å². The molecule has 3 nitrogen and oxygen atoms in total. The van der Waals surface area contributed by atoms with E-state index in [1.54, 1.807) is 32.9 Å². The monoisotopic (exact) mass is 341 g/mol. The molecule has 0 saturated carbocycles. The van der Waals surface area contributed by atoms with E-state index in [0.29, 0.717) is 23.0 Å². The van der Waals surface area contributed by atoms with Gasteiger partial charge in [0.1, 0.15) is 11.4 Å². The van der Waals surface area contributed by atoms with E-state index in [1.165, 1.54) is 6.07 Å². The summed E-state index contributed by atoms with van der Waals surface area (Å²) in [5.41, 5.74) is 0.0908. The Morgan fingerprint density at radius 1 is 1.45 bits per heavy atom. The highest BCUT2D eigenvalue weighted by molar-refractivity contribution is 9.10. The molecule has 0 fully saturated rings. The number of carbonyl (C=O) groups excluding carboxylic acids is 1. The molecule has 0 bridgehead atoms. The lowest BCUT2D eigenvalue weighted by Crippen LogP contribution is -2.32. The fourth-order valence-corrected chi connectivity index (χ4v) is 1.53. The maximum atomic E-state index is 13.2. The first-order valence-corrected chi connectivity index (χ1v) is 6.98. The van der Waals surface area contributed by atoms with Crippen molar-refractivity contribution in [2.45, 2.75) is 32.8 Å². The Balaban J connectivity index is 2.36. The normalized spacial score (nSPS) is 10.4. The summed E-state index contributed by atoms with van der Waals surface area (Å²) in [5, 5.41) is 2.60. The SMILES string of the molecule is CC(C)(C)OC(=O)NCCC#Cc1ccc(Br)c(F)c1. The molecule has 0 spiro atoms. The molecule has 0 aliphatic carbocycles. The summed E-state index contributed by atoms with van der Waals surface area (Å²) in [5.74, 6) is 5.35. The van der Waals surface area contributed by atoms with Gasteiger partial charge < -0.3 is 10.1 Å². The number of hydrogen-bond donors (Lipinski definition) is 1. The van der Waals surface area contributed by atoms with E-state index in [-0.39, 0.29) is 5.82 Å². The fourth-order valence-electron chi connectivity index (χ4n) is 1.28. The highest BCUT2D eigenvalue weighted by Crippen LogP contribution is 2.15. The zero-order valence-corrected chi connectivity index (χ0v) is 13.3. The van der Waals surface area contributed by atoms with Crippen molar-refractivity contribution in [1.82, 2.24) is 5.32 Å². The van der Waals surface area contributed by atoms with Crippen LogP contribution in [0.3, 0.4) is 0 Å². The van der Waals surface area contributed by atoms with Crippen LogP contribution in [-0.4, -0.2) is 18.2 Å². The average molecular weight is 342 g/mol. The van der Waals surface area contributed by atoms with Crippen molar-refractivity contribution in [3.8, 4) is 11.8 Å². The third-order valence-corrected chi connectivity index (χ3v) is 2.71. The Labute approximate surface area is 127 Å². The van der Waals surface area contributed by atoms with E-state index in [9.17, 15) is 9.18 Å². The van der Waals surface area contributed by atoms with Gasteiger partial charge in [0, 0.05) is 18.5 Å². The zero-order chi connectivity index (χ0) is 15.2. The summed E-state index contributed by atoms with van der Waals surface area (Å²) >= 11 is 3.08. The van der Waals surface area contributed by atoms with Crippen LogP contribution in [0.4, 0.5) is 9.18 Å². The second kappa shape index (κ2) is 7.30. The maximum Gasteiger partial charge on any atom is 0.407 e. The summed E-state index contributed by atoms with van der Waals surface area (Å²) in [6.45, 7) is 5.79. The standard InChI is InChI=1S/C15H17BrFNO2/c1-15(2,3)20-14(19)18-9-5-4-6-11-7-8-12(16)13(17)10-11/h7-8,10H,5,9H2,1-3H3,(H,18,19). The molecule has 0 saturated heterocycles. The molecule has 1 rings (SSSR count). The summed E-state index contributed by atoms with van der Waals surface area (Å²) in [6.07, 6.45) is 0.00527. The number of hydrogen-bond acceptors (Lipinski definition) is 2. The number of halogens is 2. The topological polar surface area (TPSA) is 38.3 Å². The van der Waals surface area contributed by atoms with Crippen molar-refractivity contribution in [3.05, 3.63) is 34.1 Å². The van der Waals surface area contributed by atoms with E-state index in [2.05, 4.69) is 33.1 Å². The third kappa shape index (κ3) is 6.58. The minimum Gasteiger partial charge on any atom is -0.444 e. The molecule has 0 radical (unpaired) electrons. The van der Waals surface area contributed by atoms with Crippen LogP contribution >= 0.6 is 15.9 Å². The van der Waals surface area contributed by atoms with Crippen LogP contribution in [0.5, 0.6) is 0 Å². The largest absolute Gasteiger partial charge is 0.444 e. The highest BCUT2D eigenvalue weighted by atomic mass is 79.9. The van der Waals surface area contributed by atoms with Crippen molar-refractivity contribution < 1.29 is 13.9 Å². The van der Waals surface area contributed by atoms with E-state index in [0.717, 1.165) is 0 Å². The van der Waals surface area contributed by atoms with Gasteiger partial charge in [-0.15, -0.1) is 0 Å². The minimum atomic E-state index is -0.509. The number of amides is 1. The van der Waals surface area contributed by atoms with Gasteiger partial charge in [-0.2, -0.15) is 0 Å². The van der Waals surface area contributed by atoms with Crippen LogP contribution in [0, 0.1) is 17.7 Å². The van der Waals surface area contributed by atoms with Gasteiger partial charge in [0.25, 0.3) is 0 Å². The van der Waals surface area contributed by atoms with Crippen LogP contribution in [-0.2, 0) is 4.74 Å². The Hall–Kier alpha value is -1.54. The van der Waals surface area contributed by atoms with E-state index >= 15 is 0 Å². The summed E-state index contributed by atoms with van der Waals surface area (Å²) in [7, 11) is 0. The van der Waals surface area contributed by atoms with Crippen LogP contribution in [0.15, 0.2) is 22.7 Å². The van der Waals surface area contributed by atoms with Gasteiger partial charge >= 0.3 is 6.09 Å². The molecule has 0 heterocycles. The van der Waals surface area contributed by atoms with Crippen LogP contribution in [0.2, 0.25) is 0 Å².